The highest BCUT2D eigenvalue weighted by atomic mass is 32.2. The van der Waals surface area contributed by atoms with Gasteiger partial charge in [0.2, 0.25) is 0 Å². The minimum atomic E-state index is 0.702. The van der Waals surface area contributed by atoms with Gasteiger partial charge in [-0.05, 0) is 80.2 Å². The van der Waals surface area contributed by atoms with Gasteiger partial charge in [0.1, 0.15) is 11.6 Å². The molecule has 0 unspecified atom stereocenters. The van der Waals surface area contributed by atoms with Gasteiger partial charge in [-0.3, -0.25) is 0 Å². The van der Waals surface area contributed by atoms with Crippen molar-refractivity contribution in [3.8, 4) is 5.75 Å². The van der Waals surface area contributed by atoms with E-state index in [9.17, 15) is 0 Å². The molecule has 0 spiro atoms. The molecule has 3 rings (SSSR count). The highest BCUT2D eigenvalue weighted by Crippen LogP contribution is 2.29. The summed E-state index contributed by atoms with van der Waals surface area (Å²) < 4.78 is 5.94. The zero-order valence-corrected chi connectivity index (χ0v) is 17.0. The molecule has 0 aliphatic carbocycles. The van der Waals surface area contributed by atoms with Crippen LogP contribution in [0.2, 0.25) is 0 Å². The summed E-state index contributed by atoms with van der Waals surface area (Å²) in [7, 11) is 0. The number of aromatic nitrogens is 1. The summed E-state index contributed by atoms with van der Waals surface area (Å²) >= 11 is 1.76. The van der Waals surface area contributed by atoms with Crippen molar-refractivity contribution in [3.63, 3.8) is 0 Å². The van der Waals surface area contributed by atoms with Gasteiger partial charge in [-0.25, -0.2) is 4.98 Å². The van der Waals surface area contributed by atoms with Gasteiger partial charge in [-0.2, -0.15) is 0 Å². The van der Waals surface area contributed by atoms with Crippen LogP contribution < -0.4 is 9.64 Å². The first-order valence-corrected chi connectivity index (χ1v) is 10.8. The molecule has 0 bridgehead atoms. The van der Waals surface area contributed by atoms with Crippen LogP contribution in [0, 0.1) is 18.8 Å². The first kappa shape index (κ1) is 19.1. The average Bonchev–Trinajstić information content (AvgIpc) is 2.69. The Morgan fingerprint density at radius 3 is 2.50 bits per heavy atom. The van der Waals surface area contributed by atoms with E-state index in [1.54, 1.807) is 11.8 Å². The quantitative estimate of drug-likeness (QED) is 0.607. The summed E-state index contributed by atoms with van der Waals surface area (Å²) in [5.41, 5.74) is 1.22. The van der Waals surface area contributed by atoms with Crippen molar-refractivity contribution in [2.75, 3.05) is 30.9 Å². The van der Waals surface area contributed by atoms with Crippen LogP contribution in [0.15, 0.2) is 47.5 Å². The smallest absolute Gasteiger partial charge is 0.128 e. The van der Waals surface area contributed by atoms with Crippen LogP contribution in [0.3, 0.4) is 0 Å². The number of pyridine rings is 1. The molecule has 0 radical (unpaired) electrons. The fourth-order valence-electron chi connectivity index (χ4n) is 3.61. The molecule has 140 valence electrons. The monoisotopic (exact) mass is 370 g/mol. The summed E-state index contributed by atoms with van der Waals surface area (Å²) in [6.45, 7) is 7.50. The standard InChI is InChI=1S/C22H30N2OS/c1-17-4-9-22(23-16-17)24-13-10-19(11-14-24)18(2)12-15-25-20-5-7-21(26-3)8-6-20/h4-9,16,18-19H,10-15H2,1-3H3/t18-/m1/s1. The van der Waals surface area contributed by atoms with Gasteiger partial charge >= 0.3 is 0 Å². The largest absolute Gasteiger partial charge is 0.494 e. The van der Waals surface area contributed by atoms with E-state index in [0.29, 0.717) is 5.92 Å². The number of nitrogens with zero attached hydrogens (tertiary/aromatic N) is 2. The Labute approximate surface area is 162 Å². The van der Waals surface area contributed by atoms with Crippen molar-refractivity contribution >= 4 is 17.6 Å². The Kier molecular flexibility index (Phi) is 6.84. The third kappa shape index (κ3) is 5.16. The Balaban J connectivity index is 1.40. The lowest BCUT2D eigenvalue weighted by atomic mass is 9.84. The maximum absolute atomic E-state index is 5.94. The average molecular weight is 371 g/mol. The van der Waals surface area contributed by atoms with Gasteiger partial charge in [0.25, 0.3) is 0 Å². The molecular weight excluding hydrogens is 340 g/mol. The highest BCUT2D eigenvalue weighted by Gasteiger charge is 2.24. The molecular formula is C22H30N2OS. The number of anilines is 1. The van der Waals surface area contributed by atoms with Crippen LogP contribution in [0.5, 0.6) is 5.75 Å². The van der Waals surface area contributed by atoms with Crippen molar-refractivity contribution in [1.29, 1.82) is 0 Å². The number of benzene rings is 1. The van der Waals surface area contributed by atoms with Crippen LogP contribution in [0.25, 0.3) is 0 Å². The van der Waals surface area contributed by atoms with Crippen molar-refractivity contribution in [2.24, 2.45) is 11.8 Å². The normalized spacial score (nSPS) is 16.5. The Hall–Kier alpha value is -1.68. The molecule has 0 amide bonds. The topological polar surface area (TPSA) is 25.4 Å². The maximum Gasteiger partial charge on any atom is 0.128 e. The van der Waals surface area contributed by atoms with E-state index < -0.39 is 0 Å². The van der Waals surface area contributed by atoms with Crippen LogP contribution in [-0.4, -0.2) is 30.9 Å². The van der Waals surface area contributed by atoms with Gasteiger partial charge < -0.3 is 9.64 Å². The van der Waals surface area contributed by atoms with Crippen molar-refractivity contribution in [1.82, 2.24) is 4.98 Å². The fourth-order valence-corrected chi connectivity index (χ4v) is 4.02. The Morgan fingerprint density at radius 2 is 1.88 bits per heavy atom. The van der Waals surface area contributed by atoms with E-state index >= 15 is 0 Å². The second-order valence-corrected chi connectivity index (χ2v) is 8.19. The first-order chi connectivity index (χ1) is 12.7. The number of hydrogen-bond donors (Lipinski definition) is 0. The van der Waals surface area contributed by atoms with Gasteiger partial charge in [-0.15, -0.1) is 11.8 Å². The lowest BCUT2D eigenvalue weighted by molar-refractivity contribution is 0.223. The summed E-state index contributed by atoms with van der Waals surface area (Å²) in [5, 5.41) is 0. The number of thioether (sulfide) groups is 1. The molecule has 1 aromatic carbocycles. The van der Waals surface area contributed by atoms with Gasteiger partial charge in [-0.1, -0.05) is 13.0 Å². The number of ether oxygens (including phenoxy) is 1. The lowest BCUT2D eigenvalue weighted by Crippen LogP contribution is -2.36. The molecule has 1 saturated heterocycles. The van der Waals surface area contributed by atoms with Crippen LogP contribution in [0.4, 0.5) is 5.82 Å². The second-order valence-electron chi connectivity index (χ2n) is 7.31. The molecule has 2 aromatic rings. The van der Waals surface area contributed by atoms with Crippen molar-refractivity contribution in [3.05, 3.63) is 48.2 Å². The lowest BCUT2D eigenvalue weighted by Gasteiger charge is -2.35. The van der Waals surface area contributed by atoms with E-state index in [1.165, 1.54) is 23.3 Å². The predicted octanol–water partition coefficient (Wildman–Crippen LogP) is 5.43. The Morgan fingerprint density at radius 1 is 1.15 bits per heavy atom. The van der Waals surface area contributed by atoms with Gasteiger partial charge in [0, 0.05) is 24.2 Å². The molecule has 1 aliphatic heterocycles. The molecule has 1 aromatic heterocycles. The summed E-state index contributed by atoms with van der Waals surface area (Å²) in [4.78, 5) is 8.27. The molecule has 1 atom stereocenters. The molecule has 0 saturated carbocycles. The second kappa shape index (κ2) is 9.31. The van der Waals surface area contributed by atoms with Crippen molar-refractivity contribution < 1.29 is 4.74 Å². The zero-order chi connectivity index (χ0) is 18.4. The van der Waals surface area contributed by atoms with E-state index in [1.807, 2.05) is 6.20 Å². The van der Waals surface area contributed by atoms with Crippen LogP contribution >= 0.6 is 11.8 Å². The minimum absolute atomic E-state index is 0.702. The molecule has 4 heteroatoms. The van der Waals surface area contributed by atoms with Crippen LogP contribution in [-0.2, 0) is 0 Å². The highest BCUT2D eigenvalue weighted by molar-refractivity contribution is 7.98. The zero-order valence-electron chi connectivity index (χ0n) is 16.1. The van der Waals surface area contributed by atoms with Crippen molar-refractivity contribution in [2.45, 2.75) is 38.0 Å². The Bertz CT molecular complexity index is 664. The van der Waals surface area contributed by atoms with Gasteiger partial charge in [0.15, 0.2) is 0 Å². The molecule has 0 N–H and O–H groups in total. The first-order valence-electron chi connectivity index (χ1n) is 9.60. The van der Waals surface area contributed by atoms with E-state index in [2.05, 4.69) is 66.4 Å². The molecule has 26 heavy (non-hydrogen) atoms. The van der Waals surface area contributed by atoms with Crippen LogP contribution in [0.1, 0.15) is 31.7 Å². The number of piperidine rings is 1. The van der Waals surface area contributed by atoms with E-state index in [4.69, 9.17) is 4.74 Å². The van der Waals surface area contributed by atoms with E-state index in [0.717, 1.165) is 43.6 Å². The number of hydrogen-bond acceptors (Lipinski definition) is 4. The SMILES string of the molecule is CSc1ccc(OCC[C@@H](C)C2CCN(c3ccc(C)cn3)CC2)cc1. The molecule has 1 aliphatic rings. The third-order valence-corrected chi connectivity index (χ3v) is 6.21. The third-order valence-electron chi connectivity index (χ3n) is 5.47. The molecule has 1 fully saturated rings. The number of rotatable bonds is 7. The molecule has 3 nitrogen and oxygen atoms in total. The summed E-state index contributed by atoms with van der Waals surface area (Å²) in [6.07, 6.45) is 7.68. The summed E-state index contributed by atoms with van der Waals surface area (Å²) in [6, 6.07) is 12.7. The molecule has 2 heterocycles. The maximum atomic E-state index is 5.94. The fraction of sp³-hybridized carbons (Fsp3) is 0.500. The number of aryl methyl sites for hydroxylation is 1. The predicted molar refractivity (Wildman–Crippen MR) is 111 cm³/mol. The van der Waals surface area contributed by atoms with E-state index in [-0.39, 0.29) is 0 Å². The summed E-state index contributed by atoms with van der Waals surface area (Å²) in [5.74, 6) is 3.60. The van der Waals surface area contributed by atoms with Gasteiger partial charge in [0.05, 0.1) is 6.61 Å². The minimum Gasteiger partial charge on any atom is -0.494 e.